The molecular weight excluding hydrogens is 476 g/mol. The molecule has 0 fully saturated rings. The van der Waals surface area contributed by atoms with Crippen LogP contribution in [-0.2, 0) is 0 Å². The molecule has 0 aliphatic heterocycles. The Kier molecular flexibility index (Phi) is 13.2. The Morgan fingerprint density at radius 3 is 1.97 bits per heavy atom. The summed E-state index contributed by atoms with van der Waals surface area (Å²) in [5, 5.41) is 3.90. The van der Waals surface area contributed by atoms with E-state index in [1.54, 1.807) is 25.1 Å². The van der Waals surface area contributed by atoms with E-state index in [4.69, 9.17) is 11.6 Å². The average molecular weight is 515 g/mol. The van der Waals surface area contributed by atoms with E-state index in [1.807, 2.05) is 49.4 Å². The number of carbonyl (C=O) groups is 1. The van der Waals surface area contributed by atoms with Crippen LogP contribution in [-0.4, -0.2) is 11.6 Å². The van der Waals surface area contributed by atoms with E-state index >= 15 is 0 Å². The van der Waals surface area contributed by atoms with Gasteiger partial charge in [-0.3, -0.25) is 4.79 Å². The number of anilines is 1. The molecule has 0 spiro atoms. The highest BCUT2D eigenvalue weighted by Gasteiger charge is 2.08. The fourth-order valence-corrected chi connectivity index (χ4v) is 4.16. The number of halogens is 1. The van der Waals surface area contributed by atoms with E-state index in [0.29, 0.717) is 10.6 Å². The average Bonchev–Trinajstić information content (AvgIpc) is 2.90. The molecular formula is C33H39ClN2O. The van der Waals surface area contributed by atoms with Gasteiger partial charge in [0.05, 0.1) is 5.70 Å². The summed E-state index contributed by atoms with van der Waals surface area (Å²) in [4.78, 5) is 15.9. The first kappa shape index (κ1) is 29.8. The van der Waals surface area contributed by atoms with Crippen LogP contribution in [0.5, 0.6) is 0 Å². The summed E-state index contributed by atoms with van der Waals surface area (Å²) >= 11 is 5.93. The molecule has 0 unspecified atom stereocenters. The summed E-state index contributed by atoms with van der Waals surface area (Å²) < 4.78 is 0. The zero-order valence-electron chi connectivity index (χ0n) is 22.5. The van der Waals surface area contributed by atoms with Gasteiger partial charge < -0.3 is 5.32 Å². The largest absolute Gasteiger partial charge is 0.344 e. The maximum Gasteiger partial charge on any atom is 0.159 e. The van der Waals surface area contributed by atoms with Crippen molar-refractivity contribution in [3.8, 4) is 0 Å². The van der Waals surface area contributed by atoms with E-state index in [2.05, 4.69) is 61.1 Å². The van der Waals surface area contributed by atoms with E-state index in [-0.39, 0.29) is 5.78 Å². The van der Waals surface area contributed by atoms with Gasteiger partial charge in [0.15, 0.2) is 5.78 Å². The van der Waals surface area contributed by atoms with E-state index in [1.165, 1.54) is 31.2 Å². The van der Waals surface area contributed by atoms with Crippen LogP contribution >= 0.6 is 11.6 Å². The van der Waals surface area contributed by atoms with Crippen LogP contribution in [0, 0.1) is 0 Å². The molecule has 4 heteroatoms. The molecule has 0 bridgehead atoms. The molecule has 194 valence electrons. The Morgan fingerprint density at radius 2 is 1.46 bits per heavy atom. The monoisotopic (exact) mass is 514 g/mol. The number of benzene rings is 3. The minimum absolute atomic E-state index is 0.0471. The lowest BCUT2D eigenvalue weighted by atomic mass is 9.91. The second-order valence-corrected chi connectivity index (χ2v) is 9.37. The van der Waals surface area contributed by atoms with Crippen molar-refractivity contribution in [3.05, 3.63) is 119 Å². The minimum atomic E-state index is 0.0471. The van der Waals surface area contributed by atoms with Crippen molar-refractivity contribution in [1.82, 2.24) is 0 Å². The number of carbonyl (C=O) groups excluding carboxylic acids is 1. The lowest BCUT2D eigenvalue weighted by Gasteiger charge is -2.15. The van der Waals surface area contributed by atoms with Gasteiger partial charge in [0, 0.05) is 21.8 Å². The number of rotatable bonds is 10. The van der Waals surface area contributed by atoms with Gasteiger partial charge in [-0.15, -0.1) is 0 Å². The minimum Gasteiger partial charge on any atom is -0.344 e. The van der Waals surface area contributed by atoms with Crippen molar-refractivity contribution in [2.75, 3.05) is 5.32 Å². The fourth-order valence-electron chi connectivity index (χ4n) is 4.04. The maximum atomic E-state index is 11.3. The molecule has 0 heterocycles. The Bertz CT molecular complexity index is 1160. The molecule has 0 saturated carbocycles. The van der Waals surface area contributed by atoms with Crippen LogP contribution in [0.15, 0.2) is 103 Å². The second-order valence-electron chi connectivity index (χ2n) is 8.94. The summed E-state index contributed by atoms with van der Waals surface area (Å²) in [7, 11) is 0. The normalized spacial score (nSPS) is 11.5. The number of Topliss-reactive ketones (excluding diaryl/α,β-unsaturated/α-hetero) is 1. The van der Waals surface area contributed by atoms with Crippen LogP contribution in [0.2, 0.25) is 5.02 Å². The molecule has 0 aliphatic carbocycles. The van der Waals surface area contributed by atoms with Gasteiger partial charge in [0.1, 0.15) is 5.84 Å². The number of aliphatic imine (C=N–C) groups is 1. The lowest BCUT2D eigenvalue weighted by molar-refractivity contribution is 0.101. The molecule has 3 aromatic carbocycles. The van der Waals surface area contributed by atoms with Crippen LogP contribution in [0.1, 0.15) is 80.8 Å². The lowest BCUT2D eigenvalue weighted by Crippen LogP contribution is -2.07. The van der Waals surface area contributed by atoms with Crippen molar-refractivity contribution in [3.63, 3.8) is 0 Å². The predicted octanol–water partition coefficient (Wildman–Crippen LogP) is 9.97. The third-order valence-corrected chi connectivity index (χ3v) is 6.12. The Balaban J connectivity index is 0.000000312. The molecule has 0 saturated heterocycles. The number of allylic oxidation sites excluding steroid dienone is 2. The summed E-state index contributed by atoms with van der Waals surface area (Å²) in [6.07, 6.45) is 8.78. The summed E-state index contributed by atoms with van der Waals surface area (Å²) in [5.41, 5.74) is 4.81. The molecule has 0 aliphatic rings. The zero-order chi connectivity index (χ0) is 27.0. The molecule has 0 amide bonds. The number of hydrogen-bond acceptors (Lipinski definition) is 2. The van der Waals surface area contributed by atoms with Gasteiger partial charge in [0.25, 0.3) is 0 Å². The quantitative estimate of drug-likeness (QED) is 0.126. The summed E-state index contributed by atoms with van der Waals surface area (Å²) in [6.45, 7) is 11.7. The topological polar surface area (TPSA) is 41.5 Å². The number of nitrogens with one attached hydrogen (secondary N) is 1. The van der Waals surface area contributed by atoms with Crippen LogP contribution < -0.4 is 5.32 Å². The molecule has 0 aromatic heterocycles. The predicted molar refractivity (Wildman–Crippen MR) is 162 cm³/mol. The van der Waals surface area contributed by atoms with Crippen LogP contribution in [0.3, 0.4) is 0 Å². The fraction of sp³-hybridized carbons (Fsp3) is 0.273. The maximum absolute atomic E-state index is 11.3. The zero-order valence-corrected chi connectivity index (χ0v) is 23.3. The van der Waals surface area contributed by atoms with E-state index in [9.17, 15) is 4.79 Å². The van der Waals surface area contributed by atoms with E-state index < -0.39 is 0 Å². The van der Waals surface area contributed by atoms with Gasteiger partial charge in [-0.25, -0.2) is 4.99 Å². The molecule has 0 atom stereocenters. The van der Waals surface area contributed by atoms with Crippen molar-refractivity contribution < 1.29 is 4.79 Å². The van der Waals surface area contributed by atoms with Crippen molar-refractivity contribution in [1.29, 1.82) is 0 Å². The first-order valence-electron chi connectivity index (χ1n) is 12.9. The standard InChI is InChI=1S/C20H19ClN2O.C13H20/c1-4-5-20(17-6-10-18(21)11-7-17)23-15(3)22-19-12-8-16(9-13-19)14(2)24;1-3-8-12(9-4-2)13-10-6-5-7-11-13/h4-13H,1H2,2-3H3,(H,22,23);5-7,10-12H,3-4,8-9H2,1-2H3/b20-5-;. The van der Waals surface area contributed by atoms with Gasteiger partial charge in [0.2, 0.25) is 0 Å². The van der Waals surface area contributed by atoms with Crippen LogP contribution in [0.4, 0.5) is 5.69 Å². The number of hydrogen-bond donors (Lipinski definition) is 1. The summed E-state index contributed by atoms with van der Waals surface area (Å²) in [5.74, 6) is 1.57. The molecule has 37 heavy (non-hydrogen) atoms. The number of nitrogens with zero attached hydrogens (tertiary/aromatic N) is 1. The highest BCUT2D eigenvalue weighted by atomic mass is 35.5. The first-order chi connectivity index (χ1) is 17.9. The van der Waals surface area contributed by atoms with Crippen molar-refractivity contribution in [2.24, 2.45) is 4.99 Å². The van der Waals surface area contributed by atoms with E-state index in [0.717, 1.165) is 28.7 Å². The molecule has 0 radical (unpaired) electrons. The number of amidine groups is 1. The summed E-state index contributed by atoms with van der Waals surface area (Å²) in [6, 6.07) is 25.7. The van der Waals surface area contributed by atoms with Gasteiger partial charge in [-0.2, -0.15) is 0 Å². The van der Waals surface area contributed by atoms with Gasteiger partial charge >= 0.3 is 0 Å². The Hall–Kier alpha value is -3.43. The highest BCUT2D eigenvalue weighted by Crippen LogP contribution is 2.25. The molecule has 3 aromatic rings. The third kappa shape index (κ3) is 10.6. The van der Waals surface area contributed by atoms with Gasteiger partial charge in [-0.1, -0.05) is 93.4 Å². The number of ketones is 1. The SMILES string of the molecule is C=C/C=C(\N=C(C)Nc1ccc(C(C)=O)cc1)c1ccc(Cl)cc1.CCCC(CCC)c1ccccc1. The van der Waals surface area contributed by atoms with Gasteiger partial charge in [-0.05, 0) is 80.6 Å². The molecule has 3 nitrogen and oxygen atoms in total. The Labute approximate surface area is 228 Å². The van der Waals surface area contributed by atoms with Crippen molar-refractivity contribution in [2.45, 2.75) is 59.3 Å². The van der Waals surface area contributed by atoms with Crippen LogP contribution in [0.25, 0.3) is 5.70 Å². The molecule has 1 N–H and O–H groups in total. The molecule has 3 rings (SSSR count). The second kappa shape index (κ2) is 16.3. The Morgan fingerprint density at radius 1 is 0.892 bits per heavy atom. The first-order valence-corrected chi connectivity index (χ1v) is 13.3. The van der Waals surface area contributed by atoms with Crippen molar-refractivity contribution >= 4 is 34.6 Å². The highest BCUT2D eigenvalue weighted by molar-refractivity contribution is 6.30. The third-order valence-electron chi connectivity index (χ3n) is 5.87. The smallest absolute Gasteiger partial charge is 0.159 e.